The van der Waals surface area contributed by atoms with Crippen LogP contribution in [0.3, 0.4) is 0 Å². The average Bonchev–Trinajstić information content (AvgIpc) is 3.49. The fraction of sp³-hybridized carbons (Fsp3) is 0.286. The van der Waals surface area contributed by atoms with E-state index in [-0.39, 0.29) is 7.43 Å². The van der Waals surface area contributed by atoms with Crippen molar-refractivity contribution >= 4 is 21.1 Å². The van der Waals surface area contributed by atoms with Gasteiger partial charge < -0.3 is 4.98 Å². The number of hydrogen-bond acceptors (Lipinski definition) is 5. The molecule has 1 aromatic carbocycles. The number of sulfonamides is 1. The molecule has 0 atom stereocenters. The van der Waals surface area contributed by atoms with E-state index >= 15 is 0 Å². The molecule has 0 amide bonds. The predicted octanol–water partition coefficient (Wildman–Crippen LogP) is 3.29. The summed E-state index contributed by atoms with van der Waals surface area (Å²) in [6.07, 6.45) is 6.89. The van der Waals surface area contributed by atoms with Crippen LogP contribution < -0.4 is 0 Å². The number of nitrogens with zero attached hydrogens (tertiary/aromatic N) is 5. The van der Waals surface area contributed by atoms with E-state index in [0.29, 0.717) is 24.5 Å². The van der Waals surface area contributed by atoms with Crippen LogP contribution in [0, 0.1) is 0 Å². The SMILES string of the molecule is C.O=S(=O)(c1ccc(-c2ccnc3[nH]c(Cn4nccn4)cc23)cc1)N1CCCC1. The van der Waals surface area contributed by atoms with Crippen molar-refractivity contribution in [3.63, 3.8) is 0 Å². The summed E-state index contributed by atoms with van der Waals surface area (Å²) in [7, 11) is -3.41. The lowest BCUT2D eigenvalue weighted by Gasteiger charge is -2.15. The van der Waals surface area contributed by atoms with Crippen molar-refractivity contribution in [3.8, 4) is 11.1 Å². The molecule has 3 aromatic heterocycles. The van der Waals surface area contributed by atoms with Crippen LogP contribution in [-0.4, -0.2) is 50.8 Å². The maximum absolute atomic E-state index is 12.7. The second-order valence-corrected chi connectivity index (χ2v) is 9.05. The Labute approximate surface area is 175 Å². The van der Waals surface area contributed by atoms with E-state index in [4.69, 9.17) is 0 Å². The first-order valence-corrected chi connectivity index (χ1v) is 11.0. The third-order valence-electron chi connectivity index (χ3n) is 5.23. The number of aromatic nitrogens is 5. The highest BCUT2D eigenvalue weighted by molar-refractivity contribution is 7.89. The number of rotatable bonds is 5. The van der Waals surface area contributed by atoms with Gasteiger partial charge in [-0.25, -0.2) is 13.4 Å². The standard InChI is InChI=1S/C20H20N6O2S.CH4/c27-29(28,25-11-1-2-12-25)17-5-3-15(4-6-17)18-7-8-21-20-19(18)13-16(24-20)14-26-22-9-10-23-26;/h3-10,13H,1-2,11-12,14H2,(H,21,24);1H4. The second-order valence-electron chi connectivity index (χ2n) is 7.11. The van der Waals surface area contributed by atoms with Gasteiger partial charge in [0.05, 0.1) is 17.3 Å². The summed E-state index contributed by atoms with van der Waals surface area (Å²) in [5.41, 5.74) is 3.67. The van der Waals surface area contributed by atoms with Gasteiger partial charge in [-0.1, -0.05) is 19.6 Å². The molecule has 1 aliphatic rings. The zero-order chi connectivity index (χ0) is 19.8. The monoisotopic (exact) mass is 424 g/mol. The molecule has 5 rings (SSSR count). The Hall–Kier alpha value is -3.04. The summed E-state index contributed by atoms with van der Waals surface area (Å²) in [6.45, 7) is 1.73. The summed E-state index contributed by atoms with van der Waals surface area (Å²) >= 11 is 0. The van der Waals surface area contributed by atoms with Crippen LogP contribution in [0.5, 0.6) is 0 Å². The Kier molecular flexibility index (Phi) is 5.40. The third-order valence-corrected chi connectivity index (χ3v) is 7.15. The summed E-state index contributed by atoms with van der Waals surface area (Å²) in [6, 6.07) is 11.1. The molecular formula is C21H24N6O2S. The molecule has 1 aliphatic heterocycles. The van der Waals surface area contributed by atoms with Gasteiger partial charge in [-0.15, -0.1) is 0 Å². The van der Waals surface area contributed by atoms with Crippen molar-refractivity contribution in [2.45, 2.75) is 31.7 Å². The van der Waals surface area contributed by atoms with Gasteiger partial charge in [-0.05, 0) is 48.2 Å². The molecule has 1 saturated heterocycles. The number of hydrogen-bond donors (Lipinski definition) is 1. The maximum atomic E-state index is 12.7. The fourth-order valence-corrected chi connectivity index (χ4v) is 5.30. The Morgan fingerprint density at radius 3 is 2.37 bits per heavy atom. The first-order valence-electron chi connectivity index (χ1n) is 9.52. The van der Waals surface area contributed by atoms with E-state index in [1.54, 1.807) is 39.8 Å². The van der Waals surface area contributed by atoms with Crippen LogP contribution >= 0.6 is 0 Å². The minimum Gasteiger partial charge on any atom is -0.341 e. The zero-order valence-electron chi connectivity index (χ0n) is 15.7. The van der Waals surface area contributed by atoms with Gasteiger partial charge in [0.2, 0.25) is 10.0 Å². The molecule has 0 unspecified atom stereocenters. The molecule has 0 spiro atoms. The number of nitrogens with one attached hydrogen (secondary N) is 1. The van der Waals surface area contributed by atoms with Gasteiger partial charge in [-0.3, -0.25) is 0 Å². The number of fused-ring (bicyclic) bond motifs is 1. The van der Waals surface area contributed by atoms with Gasteiger partial charge in [0.25, 0.3) is 0 Å². The Morgan fingerprint density at radius 2 is 1.67 bits per heavy atom. The largest absolute Gasteiger partial charge is 0.341 e. The lowest BCUT2D eigenvalue weighted by Crippen LogP contribution is -2.27. The van der Waals surface area contributed by atoms with E-state index in [9.17, 15) is 8.42 Å². The quantitative estimate of drug-likeness (QED) is 0.530. The average molecular weight is 425 g/mol. The molecule has 8 nitrogen and oxygen atoms in total. The molecule has 9 heteroatoms. The number of pyridine rings is 1. The first-order chi connectivity index (χ1) is 14.1. The molecule has 0 aliphatic carbocycles. The first kappa shape index (κ1) is 20.2. The van der Waals surface area contributed by atoms with Crippen LogP contribution in [0.4, 0.5) is 0 Å². The fourth-order valence-electron chi connectivity index (χ4n) is 3.78. The molecular weight excluding hydrogens is 400 g/mol. The zero-order valence-corrected chi connectivity index (χ0v) is 16.5. The molecule has 0 bridgehead atoms. The van der Waals surface area contributed by atoms with Gasteiger partial charge in [-0.2, -0.15) is 19.3 Å². The molecule has 4 heterocycles. The number of aromatic amines is 1. The smallest absolute Gasteiger partial charge is 0.243 e. The number of H-pyrrole nitrogens is 1. The maximum Gasteiger partial charge on any atom is 0.243 e. The minimum atomic E-state index is -3.41. The third kappa shape index (κ3) is 3.61. The molecule has 1 N–H and O–H groups in total. The van der Waals surface area contributed by atoms with Crippen molar-refractivity contribution < 1.29 is 8.42 Å². The molecule has 30 heavy (non-hydrogen) atoms. The van der Waals surface area contributed by atoms with Crippen molar-refractivity contribution in [1.29, 1.82) is 0 Å². The molecule has 0 saturated carbocycles. The van der Waals surface area contributed by atoms with Gasteiger partial charge in [0.15, 0.2) is 0 Å². The summed E-state index contributed by atoms with van der Waals surface area (Å²) in [5.74, 6) is 0. The van der Waals surface area contributed by atoms with E-state index in [2.05, 4.69) is 20.2 Å². The second kappa shape index (κ2) is 8.00. The highest BCUT2D eigenvalue weighted by Crippen LogP contribution is 2.30. The van der Waals surface area contributed by atoms with E-state index in [1.807, 2.05) is 24.3 Å². The number of benzene rings is 1. The van der Waals surface area contributed by atoms with Crippen LogP contribution in [0.25, 0.3) is 22.2 Å². The van der Waals surface area contributed by atoms with Crippen LogP contribution in [0.15, 0.2) is 59.9 Å². The molecule has 1 fully saturated rings. The van der Waals surface area contributed by atoms with E-state index in [0.717, 1.165) is 40.7 Å². The van der Waals surface area contributed by atoms with E-state index < -0.39 is 10.0 Å². The van der Waals surface area contributed by atoms with E-state index in [1.165, 1.54) is 0 Å². The lowest BCUT2D eigenvalue weighted by molar-refractivity contribution is 0.477. The highest BCUT2D eigenvalue weighted by atomic mass is 32.2. The Balaban J connectivity index is 0.00000218. The summed E-state index contributed by atoms with van der Waals surface area (Å²) < 4.78 is 27.1. The van der Waals surface area contributed by atoms with Crippen LogP contribution in [0.2, 0.25) is 0 Å². The normalized spacial score (nSPS) is 14.8. The molecule has 4 aromatic rings. The predicted molar refractivity (Wildman–Crippen MR) is 115 cm³/mol. The van der Waals surface area contributed by atoms with Crippen LogP contribution in [0.1, 0.15) is 26.0 Å². The van der Waals surface area contributed by atoms with Crippen molar-refractivity contribution in [2.75, 3.05) is 13.1 Å². The van der Waals surface area contributed by atoms with Gasteiger partial charge >= 0.3 is 0 Å². The topological polar surface area (TPSA) is 96.8 Å². The van der Waals surface area contributed by atoms with Crippen molar-refractivity contribution in [3.05, 3.63) is 60.7 Å². The van der Waals surface area contributed by atoms with Crippen LogP contribution in [-0.2, 0) is 16.6 Å². The van der Waals surface area contributed by atoms with Crippen molar-refractivity contribution in [2.24, 2.45) is 0 Å². The Morgan fingerprint density at radius 1 is 0.967 bits per heavy atom. The molecule has 0 radical (unpaired) electrons. The minimum absolute atomic E-state index is 0. The summed E-state index contributed by atoms with van der Waals surface area (Å²) in [4.78, 5) is 9.66. The van der Waals surface area contributed by atoms with Gasteiger partial charge in [0, 0.05) is 30.4 Å². The van der Waals surface area contributed by atoms with Crippen molar-refractivity contribution in [1.82, 2.24) is 29.3 Å². The Bertz CT molecular complexity index is 1240. The lowest BCUT2D eigenvalue weighted by atomic mass is 10.0. The van der Waals surface area contributed by atoms with Gasteiger partial charge in [0.1, 0.15) is 12.2 Å². The summed E-state index contributed by atoms with van der Waals surface area (Å²) in [5, 5.41) is 9.24. The highest BCUT2D eigenvalue weighted by Gasteiger charge is 2.27. The molecule has 156 valence electrons.